The van der Waals surface area contributed by atoms with Gasteiger partial charge in [-0.2, -0.15) is 0 Å². The summed E-state index contributed by atoms with van der Waals surface area (Å²) < 4.78 is 30.1. The molecule has 2 aromatic rings. The second kappa shape index (κ2) is 7.58. The van der Waals surface area contributed by atoms with Crippen LogP contribution in [-0.2, 0) is 14.8 Å². The first kappa shape index (κ1) is 18.6. The van der Waals surface area contributed by atoms with Gasteiger partial charge in [-0.3, -0.25) is 4.79 Å². The molecule has 0 aliphatic carbocycles. The SMILES string of the molecule is COc1cccc(C=C2SC(=S)N(NS(=O)(=O)c3ccccc3)C2=O)c1. The van der Waals surface area contributed by atoms with E-state index < -0.39 is 15.9 Å². The first-order valence-corrected chi connectivity index (χ1v) is 10.1. The van der Waals surface area contributed by atoms with Crippen LogP contribution in [0.15, 0.2) is 64.4 Å². The number of carbonyl (C=O) groups is 1. The van der Waals surface area contributed by atoms with Crippen molar-refractivity contribution in [2.24, 2.45) is 0 Å². The van der Waals surface area contributed by atoms with E-state index in [2.05, 4.69) is 4.83 Å². The van der Waals surface area contributed by atoms with Gasteiger partial charge in [-0.25, -0.2) is 13.4 Å². The third-order valence-corrected chi connectivity index (χ3v) is 6.07. The topological polar surface area (TPSA) is 75.7 Å². The van der Waals surface area contributed by atoms with E-state index in [1.165, 1.54) is 12.1 Å². The Bertz CT molecular complexity index is 988. The monoisotopic (exact) mass is 406 g/mol. The smallest absolute Gasteiger partial charge is 0.281 e. The number of ether oxygens (including phenoxy) is 1. The highest BCUT2D eigenvalue weighted by atomic mass is 32.2. The number of thiocarbonyl (C=S) groups is 1. The number of hydrogen-bond donors (Lipinski definition) is 1. The minimum atomic E-state index is -3.91. The minimum absolute atomic E-state index is 0.0471. The third kappa shape index (κ3) is 3.96. The van der Waals surface area contributed by atoms with E-state index >= 15 is 0 Å². The van der Waals surface area contributed by atoms with Crippen molar-refractivity contribution < 1.29 is 17.9 Å². The molecule has 0 radical (unpaired) electrons. The summed E-state index contributed by atoms with van der Waals surface area (Å²) in [5.74, 6) is 0.126. The summed E-state index contributed by atoms with van der Waals surface area (Å²) in [4.78, 5) is 15.2. The van der Waals surface area contributed by atoms with Crippen LogP contribution in [0.4, 0.5) is 0 Å². The summed E-state index contributed by atoms with van der Waals surface area (Å²) >= 11 is 6.18. The molecule has 9 heteroatoms. The average Bonchev–Trinajstić information content (AvgIpc) is 2.90. The lowest BCUT2D eigenvalue weighted by Gasteiger charge is -2.15. The van der Waals surface area contributed by atoms with Crippen LogP contribution in [0, 0.1) is 0 Å². The van der Waals surface area contributed by atoms with Gasteiger partial charge in [-0.1, -0.05) is 54.3 Å². The first-order chi connectivity index (χ1) is 12.4. The quantitative estimate of drug-likeness (QED) is 0.608. The summed E-state index contributed by atoms with van der Waals surface area (Å²) in [5, 5.41) is 0.869. The van der Waals surface area contributed by atoms with Gasteiger partial charge in [-0.05, 0) is 35.9 Å². The predicted molar refractivity (Wildman–Crippen MR) is 105 cm³/mol. The maximum absolute atomic E-state index is 12.6. The van der Waals surface area contributed by atoms with Gasteiger partial charge in [0, 0.05) is 0 Å². The van der Waals surface area contributed by atoms with Gasteiger partial charge in [0.25, 0.3) is 15.9 Å². The van der Waals surface area contributed by atoms with Crippen molar-refractivity contribution >= 4 is 50.3 Å². The van der Waals surface area contributed by atoms with E-state index in [9.17, 15) is 13.2 Å². The molecule has 0 spiro atoms. The highest BCUT2D eigenvalue weighted by Crippen LogP contribution is 2.32. The molecular formula is C17H14N2O4S3. The van der Waals surface area contributed by atoms with E-state index in [0.717, 1.165) is 22.3 Å². The number of amides is 1. The first-order valence-electron chi connectivity index (χ1n) is 7.40. The van der Waals surface area contributed by atoms with Gasteiger partial charge in [0.15, 0.2) is 4.32 Å². The predicted octanol–water partition coefficient (Wildman–Crippen LogP) is 2.79. The van der Waals surface area contributed by atoms with E-state index in [0.29, 0.717) is 10.7 Å². The van der Waals surface area contributed by atoms with Gasteiger partial charge in [0.1, 0.15) is 5.75 Å². The number of hydrazine groups is 1. The highest BCUT2D eigenvalue weighted by Gasteiger charge is 2.35. The van der Waals surface area contributed by atoms with Crippen LogP contribution < -0.4 is 9.57 Å². The van der Waals surface area contributed by atoms with E-state index in [1.807, 2.05) is 6.07 Å². The normalized spacial score (nSPS) is 16.3. The van der Waals surface area contributed by atoms with Crippen LogP contribution in [0.3, 0.4) is 0 Å². The van der Waals surface area contributed by atoms with Crippen molar-refractivity contribution in [3.05, 3.63) is 65.1 Å². The molecule has 1 fully saturated rings. The Morgan fingerprint density at radius 1 is 1.15 bits per heavy atom. The molecule has 0 unspecified atom stereocenters. The number of sulfonamides is 1. The second-order valence-electron chi connectivity index (χ2n) is 5.20. The molecule has 1 N–H and O–H groups in total. The van der Waals surface area contributed by atoms with Crippen LogP contribution in [-0.4, -0.2) is 30.8 Å². The molecular weight excluding hydrogens is 392 g/mol. The van der Waals surface area contributed by atoms with E-state index in [4.69, 9.17) is 17.0 Å². The molecule has 26 heavy (non-hydrogen) atoms. The van der Waals surface area contributed by atoms with Crippen LogP contribution >= 0.6 is 24.0 Å². The fourth-order valence-electron chi connectivity index (χ4n) is 2.20. The highest BCUT2D eigenvalue weighted by molar-refractivity contribution is 8.26. The van der Waals surface area contributed by atoms with Crippen molar-refractivity contribution in [1.82, 2.24) is 9.84 Å². The zero-order valence-electron chi connectivity index (χ0n) is 13.6. The largest absolute Gasteiger partial charge is 0.497 e. The lowest BCUT2D eigenvalue weighted by molar-refractivity contribution is -0.123. The Morgan fingerprint density at radius 3 is 2.58 bits per heavy atom. The van der Waals surface area contributed by atoms with Crippen molar-refractivity contribution in [2.45, 2.75) is 4.90 Å². The number of methoxy groups -OCH3 is 1. The van der Waals surface area contributed by atoms with Gasteiger partial charge < -0.3 is 4.74 Å². The minimum Gasteiger partial charge on any atom is -0.497 e. The molecule has 0 atom stereocenters. The standard InChI is InChI=1S/C17H14N2O4S3/c1-23-13-7-5-6-12(10-13)11-15-16(20)19(17(24)25-15)18-26(21,22)14-8-3-2-4-9-14/h2-11,18H,1H3. The second-order valence-corrected chi connectivity index (χ2v) is 8.54. The Balaban J connectivity index is 1.84. The molecule has 2 aromatic carbocycles. The molecule has 134 valence electrons. The number of nitrogens with one attached hydrogen (secondary N) is 1. The summed E-state index contributed by atoms with van der Waals surface area (Å²) in [6, 6.07) is 14.9. The Kier molecular flexibility index (Phi) is 5.42. The van der Waals surface area contributed by atoms with E-state index in [1.54, 1.807) is 49.6 Å². The molecule has 1 heterocycles. The molecule has 1 amide bonds. The van der Waals surface area contributed by atoms with Crippen LogP contribution in [0.2, 0.25) is 0 Å². The number of rotatable bonds is 5. The van der Waals surface area contributed by atoms with E-state index in [-0.39, 0.29) is 9.22 Å². The van der Waals surface area contributed by atoms with Crippen molar-refractivity contribution in [3.63, 3.8) is 0 Å². The zero-order chi connectivity index (χ0) is 18.7. The summed E-state index contributed by atoms with van der Waals surface area (Å²) in [6.07, 6.45) is 1.64. The molecule has 1 saturated heterocycles. The molecule has 1 aliphatic heterocycles. The van der Waals surface area contributed by atoms with Crippen LogP contribution in [0.1, 0.15) is 5.56 Å². The third-order valence-electron chi connectivity index (χ3n) is 3.45. The lowest BCUT2D eigenvalue weighted by atomic mass is 10.2. The molecule has 6 nitrogen and oxygen atoms in total. The fraction of sp³-hybridized carbons (Fsp3) is 0.0588. The molecule has 1 aliphatic rings. The Morgan fingerprint density at radius 2 is 1.88 bits per heavy atom. The lowest BCUT2D eigenvalue weighted by Crippen LogP contribution is -2.44. The summed E-state index contributed by atoms with van der Waals surface area (Å²) in [6.45, 7) is 0. The van der Waals surface area contributed by atoms with Crippen molar-refractivity contribution in [2.75, 3.05) is 7.11 Å². The van der Waals surface area contributed by atoms with Gasteiger partial charge >= 0.3 is 0 Å². The molecule has 0 aromatic heterocycles. The number of thioether (sulfide) groups is 1. The molecule has 0 bridgehead atoms. The number of carbonyl (C=O) groups excluding carboxylic acids is 1. The molecule has 3 rings (SSSR count). The van der Waals surface area contributed by atoms with Gasteiger partial charge in [0.05, 0.1) is 16.9 Å². The summed E-state index contributed by atoms with van der Waals surface area (Å²) in [7, 11) is -2.36. The number of hydrogen-bond acceptors (Lipinski definition) is 6. The van der Waals surface area contributed by atoms with Gasteiger partial charge in [-0.15, -0.1) is 4.83 Å². The number of benzene rings is 2. The maximum atomic E-state index is 12.6. The van der Waals surface area contributed by atoms with Crippen molar-refractivity contribution in [1.29, 1.82) is 0 Å². The van der Waals surface area contributed by atoms with Crippen molar-refractivity contribution in [3.8, 4) is 5.75 Å². The van der Waals surface area contributed by atoms with Crippen LogP contribution in [0.25, 0.3) is 6.08 Å². The van der Waals surface area contributed by atoms with Gasteiger partial charge in [0.2, 0.25) is 0 Å². The summed E-state index contributed by atoms with van der Waals surface area (Å²) in [5.41, 5.74) is 0.746. The zero-order valence-corrected chi connectivity index (χ0v) is 16.0. The Hall–Kier alpha value is -2.20. The maximum Gasteiger partial charge on any atom is 0.281 e. The Labute approximate surface area is 160 Å². The number of nitrogens with zero attached hydrogens (tertiary/aromatic N) is 1. The fourth-order valence-corrected chi connectivity index (χ4v) is 4.53. The average molecular weight is 407 g/mol. The molecule has 0 saturated carbocycles. The van der Waals surface area contributed by atoms with Crippen LogP contribution in [0.5, 0.6) is 5.75 Å².